The van der Waals surface area contributed by atoms with Crippen LogP contribution in [0.25, 0.3) is 11.5 Å². The fraction of sp³-hybridized carbons (Fsp3) is 0.160. The van der Waals surface area contributed by atoms with Crippen molar-refractivity contribution in [3.63, 3.8) is 0 Å². The predicted octanol–water partition coefficient (Wildman–Crippen LogP) is 4.73. The second-order valence-corrected chi connectivity index (χ2v) is 9.92. The van der Waals surface area contributed by atoms with Gasteiger partial charge in [0.1, 0.15) is 5.82 Å². The summed E-state index contributed by atoms with van der Waals surface area (Å²) in [5.41, 5.74) is 1.59. The van der Waals surface area contributed by atoms with Gasteiger partial charge in [0.2, 0.25) is 15.9 Å². The smallest absolute Gasteiger partial charge is 0.322 e. The number of hydrogen-bond donors (Lipinski definition) is 1. The quantitative estimate of drug-likeness (QED) is 0.380. The van der Waals surface area contributed by atoms with Crippen LogP contribution < -0.4 is 5.32 Å². The molecule has 35 heavy (non-hydrogen) atoms. The largest absolute Gasteiger partial charge is 0.403 e. The average molecular weight is 495 g/mol. The Kier molecular flexibility index (Phi) is 7.04. The summed E-state index contributed by atoms with van der Waals surface area (Å²) >= 11 is 0. The standard InChI is InChI=1S/C25H23FN4O4S/c1-17(2)30(16-18-6-4-3-5-7-18)35(32,33)22-14-10-19(11-15-22)23(31)27-25-29-28-24(34-25)20-8-12-21(26)13-9-20/h3-15,17H,16H2,1-2H3,(H,27,29,31). The monoisotopic (exact) mass is 494 g/mol. The molecular formula is C25H23FN4O4S. The summed E-state index contributed by atoms with van der Waals surface area (Å²) in [4.78, 5) is 12.7. The Morgan fingerprint density at radius 1 is 0.971 bits per heavy atom. The van der Waals surface area contributed by atoms with E-state index in [1.165, 1.54) is 52.8 Å². The van der Waals surface area contributed by atoms with Crippen LogP contribution in [0.1, 0.15) is 29.8 Å². The highest BCUT2D eigenvalue weighted by Gasteiger charge is 2.27. The Balaban J connectivity index is 1.47. The van der Waals surface area contributed by atoms with E-state index in [0.717, 1.165) is 5.56 Å². The average Bonchev–Trinajstić information content (AvgIpc) is 3.32. The highest BCUT2D eigenvalue weighted by Crippen LogP contribution is 2.23. The third-order valence-electron chi connectivity index (χ3n) is 5.22. The lowest BCUT2D eigenvalue weighted by Crippen LogP contribution is -2.36. The number of benzene rings is 3. The van der Waals surface area contributed by atoms with Crippen LogP contribution >= 0.6 is 0 Å². The molecule has 10 heteroatoms. The van der Waals surface area contributed by atoms with E-state index in [1.54, 1.807) is 0 Å². The van der Waals surface area contributed by atoms with Crippen molar-refractivity contribution in [1.29, 1.82) is 0 Å². The maximum atomic E-state index is 13.3. The van der Waals surface area contributed by atoms with Crippen molar-refractivity contribution >= 4 is 21.9 Å². The van der Waals surface area contributed by atoms with E-state index >= 15 is 0 Å². The molecule has 0 spiro atoms. The van der Waals surface area contributed by atoms with Crippen molar-refractivity contribution in [2.75, 3.05) is 5.32 Å². The fourth-order valence-corrected chi connectivity index (χ4v) is 5.00. The summed E-state index contributed by atoms with van der Waals surface area (Å²) in [6, 6.07) is 20.0. The number of sulfonamides is 1. The topological polar surface area (TPSA) is 105 Å². The van der Waals surface area contributed by atoms with Gasteiger partial charge < -0.3 is 4.42 Å². The molecule has 0 fully saturated rings. The molecule has 1 amide bonds. The molecule has 1 aromatic heterocycles. The first-order valence-corrected chi connectivity index (χ1v) is 12.2. The molecule has 3 aromatic carbocycles. The van der Waals surface area contributed by atoms with E-state index in [0.29, 0.717) is 5.56 Å². The van der Waals surface area contributed by atoms with Crippen LogP contribution in [0.3, 0.4) is 0 Å². The number of rotatable bonds is 8. The molecule has 4 aromatic rings. The Bertz CT molecular complexity index is 1400. The summed E-state index contributed by atoms with van der Waals surface area (Å²) in [6.45, 7) is 3.86. The van der Waals surface area contributed by atoms with Gasteiger partial charge in [0.05, 0.1) is 4.90 Å². The van der Waals surface area contributed by atoms with Crippen LogP contribution in [0.5, 0.6) is 0 Å². The van der Waals surface area contributed by atoms with Crippen LogP contribution in [-0.2, 0) is 16.6 Å². The van der Waals surface area contributed by atoms with Crippen LogP contribution in [0.4, 0.5) is 10.4 Å². The number of amides is 1. The van der Waals surface area contributed by atoms with E-state index < -0.39 is 21.7 Å². The molecule has 0 bridgehead atoms. The van der Waals surface area contributed by atoms with Crippen molar-refractivity contribution in [2.24, 2.45) is 0 Å². The van der Waals surface area contributed by atoms with Crippen LogP contribution in [0.15, 0.2) is 88.2 Å². The predicted molar refractivity (Wildman–Crippen MR) is 128 cm³/mol. The first-order valence-electron chi connectivity index (χ1n) is 10.8. The molecule has 0 unspecified atom stereocenters. The molecule has 0 saturated carbocycles. The Morgan fingerprint density at radius 2 is 1.63 bits per heavy atom. The number of carbonyl (C=O) groups is 1. The molecule has 1 N–H and O–H groups in total. The Hall–Kier alpha value is -3.89. The summed E-state index contributed by atoms with van der Waals surface area (Å²) in [7, 11) is -3.80. The highest BCUT2D eigenvalue weighted by atomic mass is 32.2. The lowest BCUT2D eigenvalue weighted by atomic mass is 10.2. The highest BCUT2D eigenvalue weighted by molar-refractivity contribution is 7.89. The number of nitrogens with one attached hydrogen (secondary N) is 1. The van der Waals surface area contributed by atoms with Gasteiger partial charge in [-0.1, -0.05) is 35.4 Å². The zero-order valence-corrected chi connectivity index (χ0v) is 19.9. The van der Waals surface area contributed by atoms with Gasteiger partial charge >= 0.3 is 6.01 Å². The summed E-state index contributed by atoms with van der Waals surface area (Å²) in [6.07, 6.45) is 0. The van der Waals surface area contributed by atoms with Gasteiger partial charge in [-0.3, -0.25) is 10.1 Å². The van der Waals surface area contributed by atoms with Crippen LogP contribution in [-0.4, -0.2) is 34.9 Å². The summed E-state index contributed by atoms with van der Waals surface area (Å²) < 4.78 is 46.5. The Morgan fingerprint density at radius 3 is 2.26 bits per heavy atom. The second-order valence-electron chi connectivity index (χ2n) is 8.03. The molecule has 0 atom stereocenters. The minimum Gasteiger partial charge on any atom is -0.403 e. The molecule has 0 aliphatic rings. The van der Waals surface area contributed by atoms with Crippen molar-refractivity contribution in [3.05, 3.63) is 95.8 Å². The minimum atomic E-state index is -3.80. The van der Waals surface area contributed by atoms with E-state index in [-0.39, 0.29) is 35.0 Å². The van der Waals surface area contributed by atoms with Gasteiger partial charge in [0.25, 0.3) is 5.91 Å². The number of nitrogens with zero attached hydrogens (tertiary/aromatic N) is 3. The molecule has 1 heterocycles. The van der Waals surface area contributed by atoms with Gasteiger partial charge in [0.15, 0.2) is 0 Å². The van der Waals surface area contributed by atoms with Gasteiger partial charge in [-0.15, -0.1) is 5.10 Å². The molecule has 0 saturated heterocycles. The van der Waals surface area contributed by atoms with Crippen LogP contribution in [0, 0.1) is 5.82 Å². The van der Waals surface area contributed by atoms with Gasteiger partial charge in [0, 0.05) is 23.7 Å². The number of anilines is 1. The molecule has 0 aliphatic heterocycles. The van der Waals surface area contributed by atoms with E-state index in [2.05, 4.69) is 15.5 Å². The molecule has 4 rings (SSSR count). The van der Waals surface area contributed by atoms with Gasteiger partial charge in [-0.25, -0.2) is 12.8 Å². The molecule has 8 nitrogen and oxygen atoms in total. The molecule has 0 aliphatic carbocycles. The fourth-order valence-electron chi connectivity index (χ4n) is 3.37. The summed E-state index contributed by atoms with van der Waals surface area (Å²) in [5.74, 6) is -0.828. The van der Waals surface area contributed by atoms with Crippen molar-refractivity contribution in [2.45, 2.75) is 31.3 Å². The van der Waals surface area contributed by atoms with Gasteiger partial charge in [-0.2, -0.15) is 4.31 Å². The van der Waals surface area contributed by atoms with Crippen molar-refractivity contribution < 1.29 is 22.0 Å². The zero-order valence-electron chi connectivity index (χ0n) is 19.1. The lowest BCUT2D eigenvalue weighted by Gasteiger charge is -2.26. The van der Waals surface area contributed by atoms with Gasteiger partial charge in [-0.05, 0) is 67.9 Å². The zero-order chi connectivity index (χ0) is 25.0. The van der Waals surface area contributed by atoms with E-state index in [9.17, 15) is 17.6 Å². The van der Waals surface area contributed by atoms with E-state index in [4.69, 9.17) is 4.42 Å². The number of halogens is 1. The summed E-state index contributed by atoms with van der Waals surface area (Å²) in [5, 5.41) is 10.1. The SMILES string of the molecule is CC(C)N(Cc1ccccc1)S(=O)(=O)c1ccc(C(=O)Nc2nnc(-c3ccc(F)cc3)o2)cc1. The third-order valence-corrected chi connectivity index (χ3v) is 7.25. The van der Waals surface area contributed by atoms with Crippen molar-refractivity contribution in [3.8, 4) is 11.5 Å². The molecular weight excluding hydrogens is 471 g/mol. The minimum absolute atomic E-state index is 0.0788. The number of aromatic nitrogens is 2. The second kappa shape index (κ2) is 10.2. The van der Waals surface area contributed by atoms with Crippen molar-refractivity contribution in [1.82, 2.24) is 14.5 Å². The first-order chi connectivity index (χ1) is 16.7. The Labute approximate surface area is 202 Å². The lowest BCUT2D eigenvalue weighted by molar-refractivity contribution is 0.102. The molecule has 0 radical (unpaired) electrons. The number of hydrogen-bond acceptors (Lipinski definition) is 6. The number of carbonyl (C=O) groups excluding carboxylic acids is 1. The normalized spacial score (nSPS) is 11.7. The third kappa shape index (κ3) is 5.61. The van der Waals surface area contributed by atoms with E-state index in [1.807, 2.05) is 44.2 Å². The first kappa shape index (κ1) is 24.2. The molecule has 180 valence electrons. The maximum absolute atomic E-state index is 13.3. The van der Waals surface area contributed by atoms with Crippen LogP contribution in [0.2, 0.25) is 0 Å². The maximum Gasteiger partial charge on any atom is 0.322 e.